The molecule has 31 heavy (non-hydrogen) atoms. The minimum absolute atomic E-state index is 0.475. The van der Waals surface area contributed by atoms with Crippen molar-refractivity contribution in [2.45, 2.75) is 26.3 Å². The molecule has 0 aliphatic heterocycles. The van der Waals surface area contributed by atoms with Gasteiger partial charge in [0.1, 0.15) is 5.75 Å². The van der Waals surface area contributed by atoms with Crippen LogP contribution in [0.4, 0.5) is 5.95 Å². The standard InChI is InChI=1S/C24H22Cl3N3O/c1-2-3-12-31-19-10-8-18(9-11-19)30-23-14-21(27)20(26)13-22(23)29-24(30)28-15-16-4-6-17(25)7-5-16/h4-11,13-14H,2-3,12,15H2,1H3,(H,28,29). The Morgan fingerprint density at radius 2 is 1.65 bits per heavy atom. The van der Waals surface area contributed by atoms with Crippen LogP contribution in [0, 0.1) is 0 Å². The zero-order chi connectivity index (χ0) is 21.8. The van der Waals surface area contributed by atoms with Crippen LogP contribution in [0.25, 0.3) is 16.7 Å². The van der Waals surface area contributed by atoms with E-state index in [0.29, 0.717) is 34.2 Å². The maximum Gasteiger partial charge on any atom is 0.208 e. The SMILES string of the molecule is CCCCOc1ccc(-n2c(NCc3ccc(Cl)cc3)nc3cc(Cl)c(Cl)cc32)cc1. The minimum atomic E-state index is 0.475. The number of rotatable bonds is 8. The van der Waals surface area contributed by atoms with Gasteiger partial charge in [0.15, 0.2) is 0 Å². The molecule has 0 saturated heterocycles. The minimum Gasteiger partial charge on any atom is -0.494 e. The molecule has 0 unspecified atom stereocenters. The van der Waals surface area contributed by atoms with Gasteiger partial charge in [-0.25, -0.2) is 4.98 Å². The molecule has 0 atom stereocenters. The van der Waals surface area contributed by atoms with Crippen molar-refractivity contribution in [3.05, 3.63) is 81.3 Å². The zero-order valence-corrected chi connectivity index (χ0v) is 19.3. The highest BCUT2D eigenvalue weighted by Crippen LogP contribution is 2.32. The molecule has 160 valence electrons. The number of nitrogens with one attached hydrogen (secondary N) is 1. The van der Waals surface area contributed by atoms with Crippen LogP contribution in [0.15, 0.2) is 60.7 Å². The Bertz CT molecular complexity index is 1170. The molecule has 0 bridgehead atoms. The predicted octanol–water partition coefficient (Wildman–Crippen LogP) is 7.78. The molecule has 4 aromatic rings. The lowest BCUT2D eigenvalue weighted by molar-refractivity contribution is 0.309. The first kappa shape index (κ1) is 21.8. The molecular formula is C24H22Cl3N3O. The number of anilines is 1. The molecule has 1 N–H and O–H groups in total. The van der Waals surface area contributed by atoms with E-state index in [2.05, 4.69) is 12.2 Å². The second-order valence-electron chi connectivity index (χ2n) is 7.20. The summed E-state index contributed by atoms with van der Waals surface area (Å²) in [5.74, 6) is 1.54. The van der Waals surface area contributed by atoms with Crippen LogP contribution in [0.5, 0.6) is 5.75 Å². The van der Waals surface area contributed by atoms with Gasteiger partial charge in [-0.2, -0.15) is 0 Å². The summed E-state index contributed by atoms with van der Waals surface area (Å²) in [6.45, 7) is 3.46. The fourth-order valence-corrected chi connectivity index (χ4v) is 3.70. The summed E-state index contributed by atoms with van der Waals surface area (Å²) >= 11 is 18.5. The van der Waals surface area contributed by atoms with E-state index in [9.17, 15) is 0 Å². The van der Waals surface area contributed by atoms with E-state index >= 15 is 0 Å². The molecule has 0 fully saturated rings. The number of fused-ring (bicyclic) bond motifs is 1. The predicted molar refractivity (Wildman–Crippen MR) is 130 cm³/mol. The smallest absolute Gasteiger partial charge is 0.208 e. The number of unbranched alkanes of at least 4 members (excludes halogenated alkanes) is 1. The average Bonchev–Trinajstić information content (AvgIpc) is 3.11. The molecule has 0 radical (unpaired) electrons. The number of halogens is 3. The van der Waals surface area contributed by atoms with E-state index in [4.69, 9.17) is 44.5 Å². The van der Waals surface area contributed by atoms with Crippen molar-refractivity contribution in [3.8, 4) is 11.4 Å². The fourth-order valence-electron chi connectivity index (χ4n) is 3.26. The van der Waals surface area contributed by atoms with Gasteiger partial charge < -0.3 is 10.1 Å². The molecule has 0 saturated carbocycles. The Morgan fingerprint density at radius 3 is 2.35 bits per heavy atom. The number of imidazole rings is 1. The summed E-state index contributed by atoms with van der Waals surface area (Å²) in [7, 11) is 0. The second kappa shape index (κ2) is 9.82. The number of benzene rings is 3. The van der Waals surface area contributed by atoms with Crippen molar-refractivity contribution in [3.63, 3.8) is 0 Å². The van der Waals surface area contributed by atoms with Crippen LogP contribution in [0.2, 0.25) is 15.1 Å². The highest BCUT2D eigenvalue weighted by atomic mass is 35.5. The van der Waals surface area contributed by atoms with E-state index in [-0.39, 0.29) is 0 Å². The van der Waals surface area contributed by atoms with Gasteiger partial charge in [-0.3, -0.25) is 4.57 Å². The van der Waals surface area contributed by atoms with Gasteiger partial charge in [0, 0.05) is 17.3 Å². The lowest BCUT2D eigenvalue weighted by Gasteiger charge is -2.12. The number of hydrogen-bond acceptors (Lipinski definition) is 3. The molecule has 4 rings (SSSR count). The maximum atomic E-state index is 6.31. The molecule has 3 aromatic carbocycles. The lowest BCUT2D eigenvalue weighted by Crippen LogP contribution is -2.06. The Morgan fingerprint density at radius 1 is 0.935 bits per heavy atom. The van der Waals surface area contributed by atoms with Crippen molar-refractivity contribution in [1.29, 1.82) is 0 Å². The van der Waals surface area contributed by atoms with Gasteiger partial charge in [-0.15, -0.1) is 0 Å². The lowest BCUT2D eigenvalue weighted by atomic mass is 10.2. The summed E-state index contributed by atoms with van der Waals surface area (Å²) in [4.78, 5) is 4.76. The first-order valence-corrected chi connectivity index (χ1v) is 11.3. The van der Waals surface area contributed by atoms with Gasteiger partial charge >= 0.3 is 0 Å². The Labute approximate surface area is 196 Å². The Balaban J connectivity index is 1.68. The molecule has 0 spiro atoms. The number of hydrogen-bond donors (Lipinski definition) is 1. The van der Waals surface area contributed by atoms with Gasteiger partial charge in [-0.05, 0) is 60.5 Å². The van der Waals surface area contributed by atoms with Crippen molar-refractivity contribution < 1.29 is 4.74 Å². The summed E-state index contributed by atoms with van der Waals surface area (Å²) in [5.41, 5.74) is 3.67. The van der Waals surface area contributed by atoms with E-state index < -0.39 is 0 Å². The molecule has 0 amide bonds. The Kier molecular flexibility index (Phi) is 6.91. The third kappa shape index (κ3) is 5.09. The molecule has 0 aliphatic carbocycles. The van der Waals surface area contributed by atoms with Gasteiger partial charge in [0.25, 0.3) is 0 Å². The third-order valence-corrected chi connectivity index (χ3v) is 5.90. The average molecular weight is 475 g/mol. The zero-order valence-electron chi connectivity index (χ0n) is 17.0. The fraction of sp³-hybridized carbons (Fsp3) is 0.208. The van der Waals surface area contributed by atoms with E-state index in [1.165, 1.54) is 0 Å². The van der Waals surface area contributed by atoms with Crippen LogP contribution >= 0.6 is 34.8 Å². The van der Waals surface area contributed by atoms with E-state index in [1.807, 2.05) is 59.2 Å². The number of ether oxygens (including phenoxy) is 1. The molecule has 4 nitrogen and oxygen atoms in total. The largest absolute Gasteiger partial charge is 0.494 e. The van der Waals surface area contributed by atoms with Crippen LogP contribution in [0.1, 0.15) is 25.3 Å². The summed E-state index contributed by atoms with van der Waals surface area (Å²) < 4.78 is 7.83. The van der Waals surface area contributed by atoms with Crippen LogP contribution < -0.4 is 10.1 Å². The molecule has 7 heteroatoms. The number of aromatic nitrogens is 2. The molecule has 1 aromatic heterocycles. The Hall–Kier alpha value is -2.40. The summed E-state index contributed by atoms with van der Waals surface area (Å²) in [5, 5.41) is 5.09. The first-order valence-electron chi connectivity index (χ1n) is 10.1. The van der Waals surface area contributed by atoms with Gasteiger partial charge in [0.2, 0.25) is 5.95 Å². The second-order valence-corrected chi connectivity index (χ2v) is 8.45. The first-order chi connectivity index (χ1) is 15.0. The highest BCUT2D eigenvalue weighted by Gasteiger charge is 2.15. The third-order valence-electron chi connectivity index (χ3n) is 4.92. The molecule has 1 heterocycles. The van der Waals surface area contributed by atoms with Gasteiger partial charge in [0.05, 0.1) is 27.7 Å². The maximum absolute atomic E-state index is 6.31. The highest BCUT2D eigenvalue weighted by molar-refractivity contribution is 6.42. The van der Waals surface area contributed by atoms with Crippen molar-refractivity contribution >= 4 is 51.8 Å². The molecular weight excluding hydrogens is 453 g/mol. The van der Waals surface area contributed by atoms with Crippen LogP contribution in [0.3, 0.4) is 0 Å². The van der Waals surface area contributed by atoms with Crippen molar-refractivity contribution in [2.24, 2.45) is 0 Å². The van der Waals surface area contributed by atoms with Gasteiger partial charge in [-0.1, -0.05) is 60.3 Å². The monoisotopic (exact) mass is 473 g/mol. The quantitative estimate of drug-likeness (QED) is 0.265. The van der Waals surface area contributed by atoms with Crippen LogP contribution in [-0.4, -0.2) is 16.2 Å². The van der Waals surface area contributed by atoms with Crippen LogP contribution in [-0.2, 0) is 6.54 Å². The van der Waals surface area contributed by atoms with E-state index in [1.54, 1.807) is 6.07 Å². The number of nitrogens with zero attached hydrogens (tertiary/aromatic N) is 2. The summed E-state index contributed by atoms with van der Waals surface area (Å²) in [6, 6.07) is 19.3. The van der Waals surface area contributed by atoms with Crippen molar-refractivity contribution in [2.75, 3.05) is 11.9 Å². The summed E-state index contributed by atoms with van der Waals surface area (Å²) in [6.07, 6.45) is 2.14. The normalized spacial score (nSPS) is 11.1. The topological polar surface area (TPSA) is 39.1 Å². The molecule has 0 aliphatic rings. The van der Waals surface area contributed by atoms with Crippen molar-refractivity contribution in [1.82, 2.24) is 9.55 Å². The van der Waals surface area contributed by atoms with E-state index in [0.717, 1.165) is 40.9 Å².